The Labute approximate surface area is 195 Å². The number of amides is 1. The molecule has 7 nitrogen and oxygen atoms in total. The van der Waals surface area contributed by atoms with Gasteiger partial charge in [-0.15, -0.1) is 0 Å². The van der Waals surface area contributed by atoms with Crippen LogP contribution in [0.2, 0.25) is 5.02 Å². The fourth-order valence-corrected chi connectivity index (χ4v) is 4.12. The van der Waals surface area contributed by atoms with Crippen LogP contribution in [0, 0.1) is 0 Å². The number of likely N-dealkylation sites (tertiary alicyclic amines) is 1. The molecule has 1 aromatic heterocycles. The summed E-state index contributed by atoms with van der Waals surface area (Å²) in [6, 6.07) is 14.5. The largest absolute Gasteiger partial charge is 0.507 e. The number of aliphatic hydroxyl groups is 1. The smallest absolute Gasteiger partial charge is 0.295 e. The van der Waals surface area contributed by atoms with Crippen LogP contribution in [0.15, 0.2) is 72.6 Å². The van der Waals surface area contributed by atoms with Gasteiger partial charge in [-0.05, 0) is 47.5 Å². The van der Waals surface area contributed by atoms with Gasteiger partial charge in [-0.25, -0.2) is 0 Å². The minimum absolute atomic E-state index is 0.0304. The number of hydrogen-bond acceptors (Lipinski definition) is 6. The third-order valence-corrected chi connectivity index (χ3v) is 5.75. The lowest BCUT2D eigenvalue weighted by Crippen LogP contribution is -2.29. The molecular formula is C25H21ClN2O5. The first kappa shape index (κ1) is 22.4. The summed E-state index contributed by atoms with van der Waals surface area (Å²) in [5.41, 5.74) is 1.64. The summed E-state index contributed by atoms with van der Waals surface area (Å²) in [7, 11) is 3.04. The van der Waals surface area contributed by atoms with Gasteiger partial charge in [0.1, 0.15) is 17.3 Å². The number of rotatable bonds is 6. The summed E-state index contributed by atoms with van der Waals surface area (Å²) in [5, 5.41) is 11.4. The maximum atomic E-state index is 13.1. The Morgan fingerprint density at radius 1 is 1.09 bits per heavy atom. The predicted octanol–water partition coefficient (Wildman–Crippen LogP) is 4.37. The molecule has 3 aromatic rings. The van der Waals surface area contributed by atoms with E-state index in [0.717, 1.165) is 5.56 Å². The van der Waals surface area contributed by atoms with E-state index in [1.807, 2.05) is 12.1 Å². The van der Waals surface area contributed by atoms with Crippen molar-refractivity contribution >= 4 is 29.1 Å². The molecule has 0 saturated carbocycles. The van der Waals surface area contributed by atoms with E-state index >= 15 is 0 Å². The van der Waals surface area contributed by atoms with E-state index in [0.29, 0.717) is 22.6 Å². The molecule has 33 heavy (non-hydrogen) atoms. The van der Waals surface area contributed by atoms with Gasteiger partial charge < -0.3 is 19.5 Å². The summed E-state index contributed by atoms with van der Waals surface area (Å²) in [4.78, 5) is 31.8. The molecule has 4 rings (SSSR count). The second-order valence-corrected chi connectivity index (χ2v) is 7.82. The number of aliphatic hydroxyl groups excluding tert-OH is 1. The lowest BCUT2D eigenvalue weighted by molar-refractivity contribution is -0.140. The lowest BCUT2D eigenvalue weighted by atomic mass is 9.96. The highest BCUT2D eigenvalue weighted by molar-refractivity contribution is 6.46. The first-order valence-electron chi connectivity index (χ1n) is 10.1. The SMILES string of the molecule is COc1cccc(CN2C(=O)C(=O)/C(=C(\O)c3ccc(OC)c(Cl)c3)C2c2cccnc2)c1. The highest BCUT2D eigenvalue weighted by Crippen LogP contribution is 2.41. The van der Waals surface area contributed by atoms with E-state index in [-0.39, 0.29) is 22.9 Å². The molecule has 0 spiro atoms. The maximum absolute atomic E-state index is 13.1. The first-order valence-corrected chi connectivity index (χ1v) is 10.5. The number of Topliss-reactive ketones (excluding diaryl/α,β-unsaturated/α-hetero) is 1. The van der Waals surface area contributed by atoms with Crippen LogP contribution in [0.4, 0.5) is 0 Å². The third kappa shape index (κ3) is 4.27. The number of ketones is 1. The van der Waals surface area contributed by atoms with Crippen LogP contribution in [-0.4, -0.2) is 40.9 Å². The molecule has 168 valence electrons. The normalized spacial score (nSPS) is 17.3. The number of carbonyl (C=O) groups is 2. The summed E-state index contributed by atoms with van der Waals surface area (Å²) in [5.74, 6) is -0.755. The van der Waals surface area contributed by atoms with Crippen LogP contribution in [0.1, 0.15) is 22.7 Å². The van der Waals surface area contributed by atoms with Crippen LogP contribution in [0.25, 0.3) is 5.76 Å². The molecule has 0 aliphatic carbocycles. The molecule has 0 bridgehead atoms. The van der Waals surface area contributed by atoms with Gasteiger partial charge in [-0.3, -0.25) is 14.6 Å². The van der Waals surface area contributed by atoms with Crippen molar-refractivity contribution in [2.45, 2.75) is 12.6 Å². The van der Waals surface area contributed by atoms with Gasteiger partial charge >= 0.3 is 0 Å². The van der Waals surface area contributed by atoms with Crippen molar-refractivity contribution < 1.29 is 24.2 Å². The van der Waals surface area contributed by atoms with Gasteiger partial charge in [-0.1, -0.05) is 29.8 Å². The Balaban J connectivity index is 1.83. The number of halogens is 1. The number of carbonyl (C=O) groups excluding carboxylic acids is 2. The summed E-state index contributed by atoms with van der Waals surface area (Å²) >= 11 is 6.22. The lowest BCUT2D eigenvalue weighted by Gasteiger charge is -2.25. The highest BCUT2D eigenvalue weighted by atomic mass is 35.5. The molecule has 1 fully saturated rings. The van der Waals surface area contributed by atoms with E-state index in [2.05, 4.69) is 4.98 Å². The summed E-state index contributed by atoms with van der Waals surface area (Å²) < 4.78 is 10.4. The van der Waals surface area contributed by atoms with E-state index in [1.165, 1.54) is 18.1 Å². The van der Waals surface area contributed by atoms with Gasteiger partial charge in [0.05, 0.1) is 30.9 Å². The number of nitrogens with zero attached hydrogens (tertiary/aromatic N) is 2. The molecule has 1 saturated heterocycles. The standard InChI is InChI=1S/C25H21ClN2O5/c1-32-18-7-3-5-15(11-18)14-28-22(17-6-4-10-27-13-17)21(24(30)25(28)31)23(29)16-8-9-20(33-2)19(26)12-16/h3-13,22,29H,14H2,1-2H3/b23-21-. The number of benzene rings is 2. The Hall–Kier alpha value is -3.84. The molecule has 1 N–H and O–H groups in total. The van der Waals surface area contributed by atoms with Crippen molar-refractivity contribution in [1.82, 2.24) is 9.88 Å². The van der Waals surface area contributed by atoms with Crippen LogP contribution in [0.5, 0.6) is 11.5 Å². The fourth-order valence-electron chi connectivity index (χ4n) is 3.86. The molecule has 2 heterocycles. The van der Waals surface area contributed by atoms with Gasteiger partial charge in [0.15, 0.2) is 0 Å². The Bertz CT molecular complexity index is 1240. The number of ether oxygens (including phenoxy) is 2. The van der Waals surface area contributed by atoms with Crippen molar-refractivity contribution in [1.29, 1.82) is 0 Å². The molecule has 1 aliphatic rings. The number of aromatic nitrogens is 1. The summed E-state index contributed by atoms with van der Waals surface area (Å²) in [6.45, 7) is 0.140. The summed E-state index contributed by atoms with van der Waals surface area (Å²) in [6.07, 6.45) is 3.17. The minimum atomic E-state index is -0.828. The highest BCUT2D eigenvalue weighted by Gasteiger charge is 2.46. The van der Waals surface area contributed by atoms with Crippen molar-refractivity contribution in [3.05, 3.63) is 94.3 Å². The number of pyridine rings is 1. The second-order valence-electron chi connectivity index (χ2n) is 7.41. The fraction of sp³-hybridized carbons (Fsp3) is 0.160. The molecular weight excluding hydrogens is 444 g/mol. The van der Waals surface area contributed by atoms with Gasteiger partial charge in [0.25, 0.3) is 11.7 Å². The molecule has 1 amide bonds. The predicted molar refractivity (Wildman–Crippen MR) is 123 cm³/mol. The number of methoxy groups -OCH3 is 2. The van der Waals surface area contributed by atoms with Crippen LogP contribution < -0.4 is 9.47 Å². The topological polar surface area (TPSA) is 89.0 Å². The molecule has 1 unspecified atom stereocenters. The molecule has 1 aliphatic heterocycles. The zero-order valence-corrected chi connectivity index (χ0v) is 18.7. The van der Waals surface area contributed by atoms with E-state index < -0.39 is 17.7 Å². The zero-order chi connectivity index (χ0) is 23.5. The van der Waals surface area contributed by atoms with Crippen molar-refractivity contribution in [2.75, 3.05) is 14.2 Å². The van der Waals surface area contributed by atoms with Crippen molar-refractivity contribution in [2.24, 2.45) is 0 Å². The second kappa shape index (κ2) is 9.34. The molecule has 0 radical (unpaired) electrons. The molecule has 1 atom stereocenters. The average molecular weight is 465 g/mol. The van der Waals surface area contributed by atoms with Gasteiger partial charge in [-0.2, -0.15) is 0 Å². The zero-order valence-electron chi connectivity index (χ0n) is 18.0. The monoisotopic (exact) mass is 464 g/mol. The van der Waals surface area contributed by atoms with Gasteiger partial charge in [0.2, 0.25) is 0 Å². The maximum Gasteiger partial charge on any atom is 0.295 e. The van der Waals surface area contributed by atoms with Crippen LogP contribution in [-0.2, 0) is 16.1 Å². The van der Waals surface area contributed by atoms with E-state index in [4.69, 9.17) is 21.1 Å². The van der Waals surface area contributed by atoms with Gasteiger partial charge in [0, 0.05) is 24.5 Å². The van der Waals surface area contributed by atoms with Crippen LogP contribution in [0.3, 0.4) is 0 Å². The Kier molecular flexibility index (Phi) is 6.33. The van der Waals surface area contributed by atoms with Crippen molar-refractivity contribution in [3.8, 4) is 11.5 Å². The van der Waals surface area contributed by atoms with E-state index in [9.17, 15) is 14.7 Å². The first-order chi connectivity index (χ1) is 15.9. The molecule has 8 heteroatoms. The molecule has 2 aromatic carbocycles. The minimum Gasteiger partial charge on any atom is -0.507 e. The Morgan fingerprint density at radius 3 is 2.58 bits per heavy atom. The number of hydrogen-bond donors (Lipinski definition) is 1. The Morgan fingerprint density at radius 2 is 1.91 bits per heavy atom. The average Bonchev–Trinajstić information content (AvgIpc) is 3.09. The third-order valence-electron chi connectivity index (χ3n) is 5.45. The van der Waals surface area contributed by atoms with E-state index in [1.54, 1.807) is 55.9 Å². The quantitative estimate of drug-likeness (QED) is 0.331. The van der Waals surface area contributed by atoms with Crippen LogP contribution >= 0.6 is 11.6 Å². The van der Waals surface area contributed by atoms with Crippen molar-refractivity contribution in [3.63, 3.8) is 0 Å².